The molecule has 1 heterocycles. The molecule has 1 rings (SSSR count). The topological polar surface area (TPSA) is 59.1 Å². The third kappa shape index (κ3) is 2.06. The van der Waals surface area contributed by atoms with Crippen molar-refractivity contribution in [1.82, 2.24) is 10.4 Å². The molecule has 5 nitrogen and oxygen atoms in total. The van der Waals surface area contributed by atoms with Crippen LogP contribution in [0, 0.1) is 0 Å². The molecule has 0 aromatic carbocycles. The Kier molecular flexibility index (Phi) is 1.67. The van der Waals surface area contributed by atoms with E-state index in [2.05, 4.69) is 15.9 Å². The number of carbonyl (C=O) groups is 1. The second kappa shape index (κ2) is 2.36. The normalized spacial score (nSPS) is 17.4. The van der Waals surface area contributed by atoms with Gasteiger partial charge in [0, 0.05) is 0 Å². The summed E-state index contributed by atoms with van der Waals surface area (Å²) in [7, 11) is 0. The molecule has 1 aliphatic rings. The van der Waals surface area contributed by atoms with E-state index in [9.17, 15) is 18.0 Å². The number of carbonyl (C=O) groups excluding carboxylic acids is 1. The highest BCUT2D eigenvalue weighted by Crippen LogP contribution is 2.18. The molecule has 1 radical (unpaired) electrons. The van der Waals surface area contributed by atoms with Gasteiger partial charge < -0.3 is 0 Å². The smallest absolute Gasteiger partial charge is 0.242 e. The third-order valence-electron chi connectivity index (χ3n) is 0.828. The molecule has 0 saturated heterocycles. The summed E-state index contributed by atoms with van der Waals surface area (Å²) in [6, 6.07) is -1.10. The van der Waals surface area contributed by atoms with Crippen LogP contribution in [0.2, 0.25) is 0 Å². The molecule has 11 heavy (non-hydrogen) atoms. The largest absolute Gasteiger partial charge is 0.408 e. The molecule has 2 amide bonds. The molecular weight excluding hydrogens is 165 g/mol. The zero-order chi connectivity index (χ0) is 8.48. The highest BCUT2D eigenvalue weighted by atomic mass is 19.4. The lowest BCUT2D eigenvalue weighted by Gasteiger charge is -2.10. The van der Waals surface area contributed by atoms with Crippen molar-refractivity contribution in [2.75, 3.05) is 6.54 Å². The minimum Gasteiger partial charge on any atom is -0.242 e. The van der Waals surface area contributed by atoms with Crippen LogP contribution in [0.1, 0.15) is 0 Å². The van der Waals surface area contributed by atoms with Gasteiger partial charge in [-0.1, -0.05) is 5.43 Å². The van der Waals surface area contributed by atoms with E-state index in [1.54, 1.807) is 0 Å². The fourth-order valence-electron chi connectivity index (χ4n) is 0.465. The van der Waals surface area contributed by atoms with Crippen LogP contribution in [-0.2, 0) is 0 Å². The molecule has 0 N–H and O–H groups in total. The van der Waals surface area contributed by atoms with E-state index in [1.807, 2.05) is 0 Å². The molecule has 61 valence electrons. The number of urea groups is 1. The first-order chi connectivity index (χ1) is 4.99. The van der Waals surface area contributed by atoms with Crippen LogP contribution >= 0.6 is 0 Å². The maximum Gasteiger partial charge on any atom is 0.408 e. The Hall–Kier alpha value is -1.34. The number of nitrogens with zero attached hydrogens (tertiary/aromatic N) is 4. The molecule has 0 unspecified atom stereocenters. The van der Waals surface area contributed by atoms with E-state index in [4.69, 9.17) is 0 Å². The van der Waals surface area contributed by atoms with Gasteiger partial charge in [-0.3, -0.25) is 0 Å². The number of halogens is 3. The summed E-state index contributed by atoms with van der Waals surface area (Å²) >= 11 is 0. The predicted molar refractivity (Wildman–Crippen MR) is 25.1 cm³/mol. The van der Waals surface area contributed by atoms with Crippen LogP contribution in [0.5, 0.6) is 0 Å². The van der Waals surface area contributed by atoms with Crippen LogP contribution in [-0.4, -0.2) is 23.8 Å². The van der Waals surface area contributed by atoms with Crippen molar-refractivity contribution < 1.29 is 18.0 Å². The number of amides is 2. The van der Waals surface area contributed by atoms with Crippen LogP contribution in [0.4, 0.5) is 18.0 Å². The molecule has 0 fully saturated rings. The minimum atomic E-state index is -4.46. The lowest BCUT2D eigenvalue weighted by molar-refractivity contribution is -0.139. The van der Waals surface area contributed by atoms with E-state index >= 15 is 0 Å². The second-order valence-corrected chi connectivity index (χ2v) is 1.73. The van der Waals surface area contributed by atoms with E-state index in [0.29, 0.717) is 0 Å². The minimum absolute atomic E-state index is 0.139. The molecule has 0 spiro atoms. The summed E-state index contributed by atoms with van der Waals surface area (Å²) in [6.45, 7) is -1.45. The number of rotatable bonds is 1. The van der Waals surface area contributed by atoms with Gasteiger partial charge in [-0.05, 0) is 10.4 Å². The molecule has 0 atom stereocenters. The van der Waals surface area contributed by atoms with Gasteiger partial charge in [-0.25, -0.2) is 4.79 Å². The van der Waals surface area contributed by atoms with Crippen molar-refractivity contribution in [2.24, 2.45) is 10.4 Å². The van der Waals surface area contributed by atoms with Crippen LogP contribution < -0.4 is 5.43 Å². The Morgan fingerprint density at radius 2 is 2.09 bits per heavy atom. The molecule has 1 aliphatic heterocycles. The molecule has 0 aromatic rings. The molecule has 0 aromatic heterocycles. The monoisotopic (exact) mass is 167 g/mol. The average molecular weight is 167 g/mol. The first-order valence-corrected chi connectivity index (χ1v) is 2.49. The standard InChI is InChI=1S/C3H2F3N4O/c4-3(5,6)1-10-2(11)7-8-9-10/h1H2. The average Bonchev–Trinajstić information content (AvgIpc) is 2.12. The van der Waals surface area contributed by atoms with Gasteiger partial charge in [0.1, 0.15) is 6.54 Å². The van der Waals surface area contributed by atoms with Gasteiger partial charge in [0.25, 0.3) is 0 Å². The number of hydrogen-bond acceptors (Lipinski definition) is 3. The maximum atomic E-state index is 11.5. The maximum absolute atomic E-state index is 11.5. The molecule has 0 aliphatic carbocycles. The van der Waals surface area contributed by atoms with Crippen molar-refractivity contribution in [1.29, 1.82) is 0 Å². The van der Waals surface area contributed by atoms with Gasteiger partial charge >= 0.3 is 12.2 Å². The molecule has 0 bridgehead atoms. The summed E-state index contributed by atoms with van der Waals surface area (Å²) in [5, 5.41) is 5.72. The van der Waals surface area contributed by atoms with Gasteiger partial charge in [0.2, 0.25) is 0 Å². The first kappa shape index (κ1) is 7.76. The number of alkyl halides is 3. The summed E-state index contributed by atoms with van der Waals surface area (Å²) in [5.41, 5.74) is 2.75. The van der Waals surface area contributed by atoms with E-state index in [0.717, 1.165) is 0 Å². The van der Waals surface area contributed by atoms with Gasteiger partial charge in [-0.2, -0.15) is 18.2 Å². The second-order valence-electron chi connectivity index (χ2n) is 1.73. The summed E-state index contributed by atoms with van der Waals surface area (Å²) < 4.78 is 34.6. The Morgan fingerprint density at radius 3 is 2.45 bits per heavy atom. The molecule has 0 saturated carbocycles. The predicted octanol–water partition coefficient (Wildman–Crippen LogP) is 0.871. The molecular formula is C3H2F3N4O. The fourth-order valence-corrected chi connectivity index (χ4v) is 0.465. The zero-order valence-corrected chi connectivity index (χ0v) is 5.04. The number of hydrogen-bond donors (Lipinski definition) is 0. The first-order valence-electron chi connectivity index (χ1n) is 2.49. The fraction of sp³-hybridized carbons (Fsp3) is 0.667. The van der Waals surface area contributed by atoms with E-state index < -0.39 is 18.8 Å². The lowest BCUT2D eigenvalue weighted by Crippen LogP contribution is -2.33. The lowest BCUT2D eigenvalue weighted by atomic mass is 10.6. The highest BCUT2D eigenvalue weighted by Gasteiger charge is 2.35. The summed E-state index contributed by atoms with van der Waals surface area (Å²) in [4.78, 5) is 10.3. The Morgan fingerprint density at radius 1 is 1.45 bits per heavy atom. The zero-order valence-electron chi connectivity index (χ0n) is 5.04. The van der Waals surface area contributed by atoms with Crippen molar-refractivity contribution >= 4 is 6.03 Å². The Labute approximate surface area is 58.8 Å². The quantitative estimate of drug-likeness (QED) is 0.571. The Balaban J connectivity index is 2.50. The highest BCUT2D eigenvalue weighted by molar-refractivity contribution is 5.73. The van der Waals surface area contributed by atoms with Crippen molar-refractivity contribution in [3.05, 3.63) is 0 Å². The van der Waals surface area contributed by atoms with E-state index in [-0.39, 0.29) is 5.01 Å². The van der Waals surface area contributed by atoms with Crippen LogP contribution in [0.25, 0.3) is 0 Å². The summed E-state index contributed by atoms with van der Waals surface area (Å²) in [5.74, 6) is 0. The van der Waals surface area contributed by atoms with Crippen LogP contribution in [0.3, 0.4) is 0 Å². The molecule has 8 heteroatoms. The van der Waals surface area contributed by atoms with Gasteiger partial charge in [0.15, 0.2) is 0 Å². The van der Waals surface area contributed by atoms with E-state index in [1.165, 1.54) is 0 Å². The van der Waals surface area contributed by atoms with Crippen molar-refractivity contribution in [2.45, 2.75) is 6.18 Å². The van der Waals surface area contributed by atoms with Crippen molar-refractivity contribution in [3.63, 3.8) is 0 Å². The van der Waals surface area contributed by atoms with Gasteiger partial charge in [-0.15, -0.1) is 0 Å². The van der Waals surface area contributed by atoms with Crippen molar-refractivity contribution in [3.8, 4) is 0 Å². The summed E-state index contributed by atoms with van der Waals surface area (Å²) in [6.07, 6.45) is -4.46. The third-order valence-corrected chi connectivity index (χ3v) is 0.828. The Bertz CT molecular complexity index is 199. The SMILES string of the molecule is O=C1[N]N=NN1CC(F)(F)F. The van der Waals surface area contributed by atoms with Crippen LogP contribution in [0.15, 0.2) is 10.4 Å². The van der Waals surface area contributed by atoms with Gasteiger partial charge in [0.05, 0.1) is 0 Å².